The Morgan fingerprint density at radius 1 is 0.977 bits per heavy atom. The van der Waals surface area contributed by atoms with Gasteiger partial charge in [0.1, 0.15) is 28.9 Å². The van der Waals surface area contributed by atoms with Crippen molar-refractivity contribution in [2.45, 2.75) is 32.4 Å². The molecule has 0 radical (unpaired) electrons. The molecule has 6 aromatic rings. The molecule has 12 heteroatoms. The molecule has 1 fully saturated rings. The normalized spacial score (nSPS) is 14.1. The summed E-state index contributed by atoms with van der Waals surface area (Å²) >= 11 is 0. The van der Waals surface area contributed by atoms with Gasteiger partial charge in [-0.25, -0.2) is 29.9 Å². The van der Waals surface area contributed by atoms with Crippen molar-refractivity contribution in [3.63, 3.8) is 0 Å². The van der Waals surface area contributed by atoms with E-state index in [1.54, 1.807) is 24.7 Å². The van der Waals surface area contributed by atoms with Crippen molar-refractivity contribution >= 4 is 22.8 Å². The number of rotatable bonds is 7. The average Bonchev–Trinajstić information content (AvgIpc) is 3.66. The van der Waals surface area contributed by atoms with E-state index in [2.05, 4.69) is 54.4 Å². The fraction of sp³-hybridized carbons (Fsp3) is 0.219. The van der Waals surface area contributed by atoms with E-state index in [9.17, 15) is 0 Å². The van der Waals surface area contributed by atoms with Crippen molar-refractivity contribution in [2.24, 2.45) is 0 Å². The van der Waals surface area contributed by atoms with Crippen LogP contribution in [0.25, 0.3) is 39.7 Å². The maximum Gasteiger partial charge on any atom is 0.234 e. The molecule has 12 nitrogen and oxygen atoms in total. The Kier molecular flexibility index (Phi) is 7.13. The molecule has 0 saturated carbocycles. The molecule has 0 amide bonds. The van der Waals surface area contributed by atoms with E-state index >= 15 is 0 Å². The van der Waals surface area contributed by atoms with Gasteiger partial charge in [0.2, 0.25) is 5.82 Å². The van der Waals surface area contributed by atoms with E-state index in [4.69, 9.17) is 25.4 Å². The number of pyridine rings is 2. The molecule has 3 N–H and O–H groups in total. The highest BCUT2D eigenvalue weighted by molar-refractivity contribution is 5.84. The summed E-state index contributed by atoms with van der Waals surface area (Å²) in [5, 5.41) is 12.5. The van der Waals surface area contributed by atoms with Gasteiger partial charge in [0.25, 0.3) is 0 Å². The quantitative estimate of drug-likeness (QED) is 0.266. The molecule has 7 rings (SSSR count). The minimum atomic E-state index is 0.178. The van der Waals surface area contributed by atoms with Crippen LogP contribution in [0.5, 0.6) is 0 Å². The topological polar surface area (TPSA) is 160 Å². The summed E-state index contributed by atoms with van der Waals surface area (Å²) in [6, 6.07) is 20.2. The zero-order chi connectivity index (χ0) is 30.0. The van der Waals surface area contributed by atoms with Crippen LogP contribution in [0.1, 0.15) is 30.1 Å². The molecular weight excluding hydrogens is 554 g/mol. The Hall–Kier alpha value is -5.67. The first kappa shape index (κ1) is 27.2. The van der Waals surface area contributed by atoms with E-state index in [0.717, 1.165) is 49.2 Å². The number of nitrogens with zero attached hydrogens (tertiary/aromatic N) is 9. The molecule has 0 bridgehead atoms. The number of imidazole rings is 1. The van der Waals surface area contributed by atoms with Crippen LogP contribution in [0.4, 0.5) is 11.6 Å². The molecule has 1 aliphatic rings. The Morgan fingerprint density at radius 2 is 1.82 bits per heavy atom. The molecule has 1 aromatic carbocycles. The van der Waals surface area contributed by atoms with Crippen molar-refractivity contribution in [1.29, 1.82) is 5.26 Å². The van der Waals surface area contributed by atoms with E-state index in [1.807, 2.05) is 41.8 Å². The number of aromatic nitrogens is 7. The zero-order valence-electron chi connectivity index (χ0n) is 24.1. The second-order valence-corrected chi connectivity index (χ2v) is 10.7. The summed E-state index contributed by atoms with van der Waals surface area (Å²) in [4.78, 5) is 29.0. The second-order valence-electron chi connectivity index (χ2n) is 10.7. The maximum absolute atomic E-state index is 9.06. The number of hydrogen-bond acceptors (Lipinski definition) is 11. The van der Waals surface area contributed by atoms with Crippen LogP contribution >= 0.6 is 0 Å². The second kappa shape index (κ2) is 11.5. The SMILES string of the molecule is Cc1ncc(-c2ccc3nc(-c4cccnc4N)n(-c4ccc(CN5CCC(Nc6ccnc(C#N)n6)CC5)cc4)c3n2)o1. The molecule has 6 heterocycles. The number of aryl methyl sites for hydroxylation is 1. The molecule has 1 saturated heterocycles. The zero-order valence-corrected chi connectivity index (χ0v) is 24.1. The van der Waals surface area contributed by atoms with Gasteiger partial charge in [0, 0.05) is 50.7 Å². The van der Waals surface area contributed by atoms with Crippen LogP contribution in [0.3, 0.4) is 0 Å². The molecule has 5 aromatic heterocycles. The standard InChI is InChI=1S/C32H29N11O/c1-20-37-18-27(44-20)25-8-9-26-32(39-25)43(31(40-26)24-3-2-13-36-30(24)34)23-6-4-21(5-7-23)19-42-15-11-22(12-16-42)38-28-10-14-35-29(17-33)41-28/h2-10,13-14,18,22H,11-12,15-16,19H2,1H3,(H2,34,36)(H,35,38,41). The predicted molar refractivity (Wildman–Crippen MR) is 165 cm³/mol. The summed E-state index contributed by atoms with van der Waals surface area (Å²) in [5.41, 5.74) is 11.2. The molecule has 1 aliphatic heterocycles. The lowest BCUT2D eigenvalue weighted by molar-refractivity contribution is 0.211. The van der Waals surface area contributed by atoms with Gasteiger partial charge in [0.05, 0.1) is 11.8 Å². The fourth-order valence-corrected chi connectivity index (χ4v) is 5.55. The van der Waals surface area contributed by atoms with Gasteiger partial charge < -0.3 is 15.5 Å². The predicted octanol–water partition coefficient (Wildman–Crippen LogP) is 4.77. The number of nitrogens with one attached hydrogen (secondary N) is 1. The fourth-order valence-electron chi connectivity index (χ4n) is 5.55. The van der Waals surface area contributed by atoms with Crippen LogP contribution in [0, 0.1) is 18.3 Å². The minimum absolute atomic E-state index is 0.178. The summed E-state index contributed by atoms with van der Waals surface area (Å²) in [6.45, 7) is 4.57. The van der Waals surface area contributed by atoms with Crippen LogP contribution < -0.4 is 11.1 Å². The third-order valence-electron chi connectivity index (χ3n) is 7.75. The summed E-state index contributed by atoms with van der Waals surface area (Å²) < 4.78 is 7.76. The lowest BCUT2D eigenvalue weighted by Crippen LogP contribution is -2.38. The van der Waals surface area contributed by atoms with Crippen molar-refractivity contribution in [3.8, 4) is 34.6 Å². The van der Waals surface area contributed by atoms with Gasteiger partial charge >= 0.3 is 0 Å². The van der Waals surface area contributed by atoms with Crippen molar-refractivity contribution in [2.75, 3.05) is 24.1 Å². The highest BCUT2D eigenvalue weighted by Crippen LogP contribution is 2.32. The molecule has 0 atom stereocenters. The number of anilines is 2. The van der Waals surface area contributed by atoms with Crippen molar-refractivity contribution in [3.05, 3.63) is 90.5 Å². The third-order valence-corrected chi connectivity index (χ3v) is 7.75. The largest absolute Gasteiger partial charge is 0.439 e. The van der Waals surface area contributed by atoms with E-state index < -0.39 is 0 Å². The highest BCUT2D eigenvalue weighted by atomic mass is 16.4. The maximum atomic E-state index is 9.06. The van der Waals surface area contributed by atoms with Crippen molar-refractivity contribution < 1.29 is 4.42 Å². The molecule has 218 valence electrons. The molecule has 0 aliphatic carbocycles. The number of oxazole rings is 1. The Balaban J connectivity index is 1.13. The van der Waals surface area contributed by atoms with Gasteiger partial charge in [-0.2, -0.15) is 5.26 Å². The Bertz CT molecular complexity index is 1980. The van der Waals surface area contributed by atoms with Crippen LogP contribution in [-0.2, 0) is 6.54 Å². The van der Waals surface area contributed by atoms with Gasteiger partial charge in [-0.15, -0.1) is 0 Å². The number of nitriles is 1. The monoisotopic (exact) mass is 583 g/mol. The van der Waals surface area contributed by atoms with Crippen LogP contribution in [0.2, 0.25) is 0 Å². The van der Waals surface area contributed by atoms with Gasteiger partial charge in [-0.05, 0) is 60.9 Å². The van der Waals surface area contributed by atoms with E-state index in [1.165, 1.54) is 5.56 Å². The molecule has 0 unspecified atom stereocenters. The Morgan fingerprint density at radius 3 is 2.57 bits per heavy atom. The third kappa shape index (κ3) is 5.44. The number of hydrogen-bond donors (Lipinski definition) is 2. The number of nitrogen functional groups attached to an aromatic ring is 1. The number of benzene rings is 1. The molecule has 0 spiro atoms. The van der Waals surface area contributed by atoms with E-state index in [-0.39, 0.29) is 5.82 Å². The number of likely N-dealkylation sites (tertiary alicyclic amines) is 1. The van der Waals surface area contributed by atoms with Gasteiger partial charge in [0.15, 0.2) is 23.1 Å². The van der Waals surface area contributed by atoms with Gasteiger partial charge in [-0.3, -0.25) is 9.47 Å². The first-order chi connectivity index (χ1) is 21.5. The average molecular weight is 584 g/mol. The molecule has 44 heavy (non-hydrogen) atoms. The van der Waals surface area contributed by atoms with Crippen molar-refractivity contribution in [1.82, 2.24) is 39.4 Å². The van der Waals surface area contributed by atoms with Crippen LogP contribution in [-0.4, -0.2) is 58.5 Å². The number of fused-ring (bicyclic) bond motifs is 1. The first-order valence-electron chi connectivity index (χ1n) is 14.4. The summed E-state index contributed by atoms with van der Waals surface area (Å²) in [7, 11) is 0. The Labute approximate surface area is 253 Å². The highest BCUT2D eigenvalue weighted by Gasteiger charge is 2.21. The van der Waals surface area contributed by atoms with Gasteiger partial charge in [-0.1, -0.05) is 12.1 Å². The summed E-state index contributed by atoms with van der Waals surface area (Å²) in [5.74, 6) is 3.11. The number of nitrogens with two attached hydrogens (primary N) is 1. The lowest BCUT2D eigenvalue weighted by Gasteiger charge is -2.32. The smallest absolute Gasteiger partial charge is 0.234 e. The lowest BCUT2D eigenvalue weighted by atomic mass is 10.0. The van der Waals surface area contributed by atoms with Crippen LogP contribution in [0.15, 0.2) is 77.6 Å². The minimum Gasteiger partial charge on any atom is -0.439 e. The first-order valence-corrected chi connectivity index (χ1v) is 14.4. The molecular formula is C32H29N11O. The van der Waals surface area contributed by atoms with E-state index in [0.29, 0.717) is 46.5 Å². The number of piperidine rings is 1. The summed E-state index contributed by atoms with van der Waals surface area (Å²) in [6.07, 6.45) is 6.93.